The van der Waals surface area contributed by atoms with Gasteiger partial charge in [-0.2, -0.15) is 30.7 Å². The van der Waals surface area contributed by atoms with E-state index in [2.05, 4.69) is 4.74 Å². The highest BCUT2D eigenvalue weighted by molar-refractivity contribution is 5.52. The molecule has 39 heavy (non-hydrogen) atoms. The second-order valence-corrected chi connectivity index (χ2v) is 8.79. The Labute approximate surface area is 220 Å². The largest absolute Gasteiger partial charge is 0.491 e. The average Bonchev–Trinajstić information content (AvgIpc) is 2.84. The zero-order valence-corrected chi connectivity index (χ0v) is 20.8. The van der Waals surface area contributed by atoms with Gasteiger partial charge in [-0.1, -0.05) is 18.2 Å². The van der Waals surface area contributed by atoms with Crippen LogP contribution in [0.3, 0.4) is 0 Å². The minimum absolute atomic E-state index is 0.0282. The second-order valence-electron chi connectivity index (χ2n) is 8.79. The van der Waals surface area contributed by atoms with Crippen molar-refractivity contribution in [1.82, 2.24) is 0 Å². The first-order chi connectivity index (χ1) is 18.2. The Balaban J connectivity index is 1.85. The van der Waals surface area contributed by atoms with Crippen LogP contribution < -0.4 is 19.1 Å². The number of ether oxygens (including phenoxy) is 3. The highest BCUT2D eigenvalue weighted by Crippen LogP contribution is 2.32. The van der Waals surface area contributed by atoms with E-state index < -0.39 is 37.1 Å². The van der Waals surface area contributed by atoms with Gasteiger partial charge in [-0.25, -0.2) is 0 Å². The zero-order chi connectivity index (χ0) is 28.8. The quantitative estimate of drug-likeness (QED) is 0.233. The highest BCUT2D eigenvalue weighted by Gasteiger charge is 2.44. The Morgan fingerprint density at radius 1 is 0.795 bits per heavy atom. The molecule has 212 valence electrons. The summed E-state index contributed by atoms with van der Waals surface area (Å²) in [6.45, 7) is 2.53. The predicted molar refractivity (Wildman–Crippen MR) is 130 cm³/mol. The van der Waals surface area contributed by atoms with Gasteiger partial charge < -0.3 is 24.2 Å². The van der Waals surface area contributed by atoms with Gasteiger partial charge in [-0.3, -0.25) is 0 Å². The van der Waals surface area contributed by atoms with Crippen LogP contribution in [-0.4, -0.2) is 42.6 Å². The third-order valence-corrected chi connectivity index (χ3v) is 5.17. The number of hydrogen-bond donors (Lipinski definition) is 1. The Morgan fingerprint density at radius 2 is 1.41 bits per heavy atom. The van der Waals surface area contributed by atoms with Crippen molar-refractivity contribution in [3.63, 3.8) is 0 Å². The van der Waals surface area contributed by atoms with E-state index in [-0.39, 0.29) is 29.6 Å². The topological polar surface area (TPSA) is 51.2 Å². The summed E-state index contributed by atoms with van der Waals surface area (Å²) in [5.74, 6) is 0.715. The van der Waals surface area contributed by atoms with Crippen LogP contribution in [-0.2, 0) is 6.54 Å². The summed E-state index contributed by atoms with van der Waals surface area (Å²) in [5.41, 5.74) is 0.374. The van der Waals surface area contributed by atoms with Gasteiger partial charge >= 0.3 is 18.7 Å². The Bertz CT molecular complexity index is 1200. The maximum atomic E-state index is 13.3. The van der Waals surface area contributed by atoms with Crippen molar-refractivity contribution in [2.75, 3.05) is 11.4 Å². The van der Waals surface area contributed by atoms with Crippen LogP contribution in [0, 0.1) is 0 Å². The predicted octanol–water partition coefficient (Wildman–Crippen LogP) is 7.43. The van der Waals surface area contributed by atoms with E-state index in [0.717, 1.165) is 17.0 Å². The zero-order valence-electron chi connectivity index (χ0n) is 20.8. The minimum atomic E-state index is -4.93. The standard InChI is InChI=1S/C27H26F7NO4/c1-17(2)37-20-9-11-21(12-10-20)38-22-7-4-6-19(14-22)35(16-24(36)26(30,31)32)15-18-5-3-8-23(13-18)39-27(33,34)25(28)29/h3-14,17,24-25,36H,15-16H2,1-2H3. The molecule has 1 atom stereocenters. The molecule has 5 nitrogen and oxygen atoms in total. The molecule has 0 aromatic heterocycles. The molecule has 0 aliphatic carbocycles. The summed E-state index contributed by atoms with van der Waals surface area (Å²) in [4.78, 5) is 1.15. The number of anilines is 1. The molecule has 3 aromatic carbocycles. The molecule has 0 saturated carbocycles. The fourth-order valence-electron chi connectivity index (χ4n) is 3.44. The van der Waals surface area contributed by atoms with E-state index in [1.54, 1.807) is 30.3 Å². The Hall–Kier alpha value is -3.67. The minimum Gasteiger partial charge on any atom is -0.491 e. The second kappa shape index (κ2) is 12.5. The lowest BCUT2D eigenvalue weighted by molar-refractivity contribution is -0.253. The third-order valence-electron chi connectivity index (χ3n) is 5.17. The maximum Gasteiger partial charge on any atom is 0.461 e. The van der Waals surface area contributed by atoms with Crippen LogP contribution in [0.5, 0.6) is 23.0 Å². The Morgan fingerprint density at radius 3 is 2.03 bits per heavy atom. The molecule has 0 heterocycles. The van der Waals surface area contributed by atoms with Crippen LogP contribution >= 0.6 is 0 Å². The molecule has 1 unspecified atom stereocenters. The summed E-state index contributed by atoms with van der Waals surface area (Å²) < 4.78 is 107. The first-order valence-corrected chi connectivity index (χ1v) is 11.7. The maximum absolute atomic E-state index is 13.3. The van der Waals surface area contributed by atoms with E-state index in [0.29, 0.717) is 11.5 Å². The van der Waals surface area contributed by atoms with Crippen LogP contribution in [0.4, 0.5) is 36.4 Å². The molecule has 12 heteroatoms. The number of benzene rings is 3. The number of alkyl halides is 7. The molecule has 0 aliphatic rings. The third kappa shape index (κ3) is 8.95. The van der Waals surface area contributed by atoms with Crippen molar-refractivity contribution in [3.05, 3.63) is 78.4 Å². The molecule has 0 aliphatic heterocycles. The molecular formula is C27H26F7NO4. The fraction of sp³-hybridized carbons (Fsp3) is 0.333. The molecule has 0 bridgehead atoms. The average molecular weight is 561 g/mol. The van der Waals surface area contributed by atoms with Crippen molar-refractivity contribution in [1.29, 1.82) is 0 Å². The van der Waals surface area contributed by atoms with E-state index >= 15 is 0 Å². The van der Waals surface area contributed by atoms with Crippen molar-refractivity contribution >= 4 is 5.69 Å². The molecule has 0 saturated heterocycles. The molecule has 0 radical (unpaired) electrons. The van der Waals surface area contributed by atoms with Crippen LogP contribution in [0.1, 0.15) is 19.4 Å². The monoisotopic (exact) mass is 561 g/mol. The van der Waals surface area contributed by atoms with Crippen LogP contribution in [0.2, 0.25) is 0 Å². The van der Waals surface area contributed by atoms with Crippen LogP contribution in [0.25, 0.3) is 0 Å². The summed E-state index contributed by atoms with van der Waals surface area (Å²) >= 11 is 0. The van der Waals surface area contributed by atoms with Gasteiger partial charge in [-0.05, 0) is 67.9 Å². The summed E-state index contributed by atoms with van der Waals surface area (Å²) in [6, 6.07) is 17.3. The number of nitrogens with zero attached hydrogens (tertiary/aromatic N) is 1. The van der Waals surface area contributed by atoms with E-state index in [4.69, 9.17) is 9.47 Å². The summed E-state index contributed by atoms with van der Waals surface area (Å²) in [6.07, 6.45) is -16.5. The molecule has 0 spiro atoms. The van der Waals surface area contributed by atoms with E-state index in [9.17, 15) is 35.8 Å². The lowest BCUT2D eigenvalue weighted by atomic mass is 10.1. The number of aliphatic hydroxyl groups is 1. The summed E-state index contributed by atoms with van der Waals surface area (Å²) in [5, 5.41) is 9.74. The smallest absolute Gasteiger partial charge is 0.461 e. The van der Waals surface area contributed by atoms with Crippen molar-refractivity contribution in [3.8, 4) is 23.0 Å². The lowest BCUT2D eigenvalue weighted by Crippen LogP contribution is -2.40. The van der Waals surface area contributed by atoms with Crippen LogP contribution in [0.15, 0.2) is 72.8 Å². The molecular weight excluding hydrogens is 535 g/mol. The van der Waals surface area contributed by atoms with E-state index in [1.807, 2.05) is 13.8 Å². The molecule has 1 N–H and O–H groups in total. The number of rotatable bonds is 12. The number of halogens is 7. The lowest BCUT2D eigenvalue weighted by Gasteiger charge is -2.29. The van der Waals surface area contributed by atoms with Gasteiger partial charge in [0.2, 0.25) is 0 Å². The molecule has 0 fully saturated rings. The normalized spacial score (nSPS) is 12.9. The van der Waals surface area contributed by atoms with Gasteiger partial charge in [0.1, 0.15) is 23.0 Å². The fourth-order valence-corrected chi connectivity index (χ4v) is 3.44. The SMILES string of the molecule is CC(C)Oc1ccc(Oc2cccc(N(Cc3cccc(OC(F)(F)C(F)F)c3)CC(O)C(F)(F)F)c2)cc1. The van der Waals surface area contributed by atoms with E-state index in [1.165, 1.54) is 30.3 Å². The Kier molecular flexibility index (Phi) is 9.54. The molecule has 3 rings (SSSR count). The highest BCUT2D eigenvalue weighted by atomic mass is 19.4. The molecule has 0 amide bonds. The van der Waals surface area contributed by atoms with Gasteiger partial charge in [0, 0.05) is 18.3 Å². The van der Waals surface area contributed by atoms with Gasteiger partial charge in [-0.15, -0.1) is 0 Å². The van der Waals surface area contributed by atoms with Gasteiger partial charge in [0.25, 0.3) is 0 Å². The summed E-state index contributed by atoms with van der Waals surface area (Å²) in [7, 11) is 0. The first kappa shape index (κ1) is 29.9. The number of hydrogen-bond acceptors (Lipinski definition) is 5. The van der Waals surface area contributed by atoms with Gasteiger partial charge in [0.15, 0.2) is 6.10 Å². The van der Waals surface area contributed by atoms with Crippen molar-refractivity contribution < 1.29 is 50.1 Å². The number of aliphatic hydroxyl groups excluding tert-OH is 1. The molecule has 3 aromatic rings. The van der Waals surface area contributed by atoms with Gasteiger partial charge in [0.05, 0.1) is 12.6 Å². The van der Waals surface area contributed by atoms with Crippen molar-refractivity contribution in [2.24, 2.45) is 0 Å². The first-order valence-electron chi connectivity index (χ1n) is 11.7. The van der Waals surface area contributed by atoms with Crippen molar-refractivity contribution in [2.45, 2.75) is 51.3 Å².